The van der Waals surface area contributed by atoms with Crippen LogP contribution in [0.5, 0.6) is 0 Å². The Hall–Kier alpha value is 2.87. The van der Waals surface area contributed by atoms with Crippen LogP contribution in [0.1, 0.15) is 5.71 Å². The van der Waals surface area contributed by atoms with Crippen LogP contribution in [-0.4, -0.2) is 96.4 Å². The Morgan fingerprint density at radius 2 is 1.75 bits per heavy atom. The van der Waals surface area contributed by atoms with Crippen LogP contribution in [-0.2, 0) is 9.29 Å². The minimum absolute atomic E-state index is 0. The zero-order valence-corrected chi connectivity index (χ0v) is 11.5. The number of hydrogen-bond acceptors (Lipinski definition) is 2. The number of halogens is 1. The summed E-state index contributed by atoms with van der Waals surface area (Å²) in [7, 11) is -4.81. The zero-order valence-electron chi connectivity index (χ0n) is 7.95. The first-order valence-electron chi connectivity index (χ1n) is 0.919. The van der Waals surface area contributed by atoms with Gasteiger partial charge in [0.15, 0.2) is 0 Å². The Morgan fingerprint density at radius 1 is 1.62 bits per heavy atom. The predicted octanol–water partition coefficient (Wildman–Crippen LogP) is -0.331. The Bertz CT molecular complexity index is 91.1. The fourth-order valence-corrected chi connectivity index (χ4v) is 0. The van der Waals surface area contributed by atoms with Crippen molar-refractivity contribution in [2.45, 2.75) is 0 Å². The number of hydrogen-bond donors (Lipinski definition) is 2. The summed E-state index contributed by atoms with van der Waals surface area (Å²) >= 11 is 0. The fourth-order valence-electron chi connectivity index (χ4n) is 0. The zero-order chi connectivity index (χ0) is 5.21. The molecule has 0 rings (SSSR count). The summed E-state index contributed by atoms with van der Waals surface area (Å²) in [6, 6.07) is 0. The number of phosphoric acid groups is 1. The van der Waals surface area contributed by atoms with Gasteiger partial charge >= 0.3 is 94.4 Å². The molecule has 4 nitrogen and oxygen atoms in total. The van der Waals surface area contributed by atoms with Gasteiger partial charge in [0.05, 0.1) is 0 Å². The Balaban J connectivity index is -0.00000000833. The van der Waals surface area contributed by atoms with Gasteiger partial charge in [-0.25, -0.2) is 4.57 Å². The van der Waals surface area contributed by atoms with Gasteiger partial charge < -0.3 is 15.5 Å². The topological polar surface area (TPSA) is 66.8 Å². The van der Waals surface area contributed by atoms with Crippen molar-refractivity contribution in [2.75, 3.05) is 0 Å². The molecule has 0 saturated heterocycles. The molecule has 0 bridgehead atoms. The van der Waals surface area contributed by atoms with Crippen LogP contribution < -0.4 is 0 Å². The first-order valence-corrected chi connectivity index (χ1v) is 2.45. The molecule has 8 heteroatoms. The van der Waals surface area contributed by atoms with Crippen LogP contribution in [0.3, 0.4) is 0 Å². The molecule has 0 amide bonds. The van der Waals surface area contributed by atoms with Gasteiger partial charge in [-0.1, -0.05) is 4.73 Å². The Kier molecular flexibility index (Phi) is 17.0. The summed E-state index contributed by atoms with van der Waals surface area (Å²) in [5.74, 6) is 0. The molecule has 0 spiro atoms. The standard InChI is InChI=1S/Ba.Ca.FH2O4P.4H/c;;1-5-6(2,3)4;;;;/h;;(H2,2,3,4);;;;/q2*+2;;4*-1. The van der Waals surface area contributed by atoms with Gasteiger partial charge in [0.25, 0.3) is 0 Å². The molecule has 0 aliphatic rings. The van der Waals surface area contributed by atoms with Crippen LogP contribution in [0, 0.1) is 0 Å². The first kappa shape index (κ1) is 17.1. The van der Waals surface area contributed by atoms with E-state index in [2.05, 4.69) is 4.73 Å². The van der Waals surface area contributed by atoms with E-state index in [1.165, 1.54) is 0 Å². The van der Waals surface area contributed by atoms with Gasteiger partial charge in [-0.15, -0.1) is 0 Å². The Morgan fingerprint density at radius 3 is 1.75 bits per heavy atom. The SMILES string of the molecule is O=P(O)(O)OF.[Ba+2].[Ca+2].[H-].[H-].[H-].[H-]. The largest absolute Gasteiger partial charge is 2.00 e. The van der Waals surface area contributed by atoms with Gasteiger partial charge in [-0.2, -0.15) is 0 Å². The molecule has 0 aromatic heterocycles. The van der Waals surface area contributed by atoms with Gasteiger partial charge in [-0.05, 0) is 4.53 Å². The van der Waals surface area contributed by atoms with E-state index < -0.39 is 7.82 Å². The van der Waals surface area contributed by atoms with Gasteiger partial charge in [0, 0.05) is 0 Å². The van der Waals surface area contributed by atoms with Crippen molar-refractivity contribution in [1.29, 1.82) is 0 Å². The van der Waals surface area contributed by atoms with Crippen molar-refractivity contribution < 1.29 is 29.3 Å². The van der Waals surface area contributed by atoms with E-state index in [9.17, 15) is 4.53 Å². The van der Waals surface area contributed by atoms with Crippen molar-refractivity contribution in [3.05, 3.63) is 0 Å². The monoisotopic (exact) mass is 298 g/mol. The second-order valence-corrected chi connectivity index (χ2v) is 1.68. The van der Waals surface area contributed by atoms with E-state index in [0.29, 0.717) is 0 Å². The molecule has 0 saturated carbocycles. The van der Waals surface area contributed by atoms with E-state index in [0.717, 1.165) is 0 Å². The first-order chi connectivity index (χ1) is 2.56. The summed E-state index contributed by atoms with van der Waals surface area (Å²) in [5, 5.41) is 0. The van der Waals surface area contributed by atoms with Gasteiger partial charge in [0.2, 0.25) is 0 Å². The molecule has 46 valence electrons. The van der Waals surface area contributed by atoms with Crippen LogP contribution in [0.15, 0.2) is 0 Å². The maximum atomic E-state index is 10.2. The van der Waals surface area contributed by atoms with Crippen molar-refractivity contribution in [1.82, 2.24) is 0 Å². The normalized spacial score (nSPS) is 8.88. The molecule has 0 unspecified atom stereocenters. The molecule has 0 fully saturated rings. The van der Waals surface area contributed by atoms with E-state index in [1.54, 1.807) is 0 Å². The maximum Gasteiger partial charge on any atom is 2.00 e. The van der Waals surface area contributed by atoms with Crippen molar-refractivity contribution in [3.63, 3.8) is 0 Å². The molecular formula is H6BaCaFO4P. The van der Waals surface area contributed by atoms with Crippen molar-refractivity contribution in [3.8, 4) is 0 Å². The van der Waals surface area contributed by atoms with Crippen LogP contribution in [0.2, 0.25) is 0 Å². The van der Waals surface area contributed by atoms with E-state index in [1.807, 2.05) is 0 Å². The molecule has 8 heavy (non-hydrogen) atoms. The summed E-state index contributed by atoms with van der Waals surface area (Å²) in [5.41, 5.74) is 0. The van der Waals surface area contributed by atoms with E-state index >= 15 is 0 Å². The molecule has 0 heterocycles. The molecule has 0 aromatic carbocycles. The minimum atomic E-state index is -4.81. The van der Waals surface area contributed by atoms with Crippen LogP contribution >= 0.6 is 7.82 Å². The van der Waals surface area contributed by atoms with E-state index in [-0.39, 0.29) is 92.3 Å². The summed E-state index contributed by atoms with van der Waals surface area (Å²) < 4.78 is 21.4. The average molecular weight is 297 g/mol. The third kappa shape index (κ3) is 15.9. The van der Waals surface area contributed by atoms with Crippen molar-refractivity contribution in [2.24, 2.45) is 0 Å². The summed E-state index contributed by atoms with van der Waals surface area (Å²) in [6.45, 7) is 0. The fraction of sp³-hybridized carbons (Fsp3) is 0. The maximum absolute atomic E-state index is 10.2. The van der Waals surface area contributed by atoms with Gasteiger partial charge in [0.1, 0.15) is 0 Å². The van der Waals surface area contributed by atoms with Crippen LogP contribution in [0.25, 0.3) is 0 Å². The molecule has 2 N–H and O–H groups in total. The van der Waals surface area contributed by atoms with E-state index in [4.69, 9.17) is 14.4 Å². The molecule has 0 radical (unpaired) electrons. The smallest absolute Gasteiger partial charge is 1.00 e. The summed E-state index contributed by atoms with van der Waals surface area (Å²) in [4.78, 5) is 14.7. The van der Waals surface area contributed by atoms with Crippen molar-refractivity contribution >= 4 is 94.4 Å². The molecule has 0 aliphatic carbocycles. The third-order valence-electron chi connectivity index (χ3n) is 0.0899. The minimum Gasteiger partial charge on any atom is -1.00 e. The Labute approximate surface area is 121 Å². The summed E-state index contributed by atoms with van der Waals surface area (Å²) in [6.07, 6.45) is 0. The third-order valence-corrected chi connectivity index (χ3v) is 0.270. The predicted molar refractivity (Wildman–Crippen MR) is 30.2 cm³/mol. The number of rotatable bonds is 1. The molecule has 0 atom stereocenters. The second-order valence-electron chi connectivity index (χ2n) is 0.560. The molecule has 0 aliphatic heterocycles. The average Bonchev–Trinajstić information content (AvgIpc) is 1.35. The van der Waals surface area contributed by atoms with Gasteiger partial charge in [-0.3, -0.25) is 0 Å². The second kappa shape index (κ2) is 7.97. The quantitative estimate of drug-likeness (QED) is 0.514. The molecule has 0 aromatic rings. The molecular weight excluding hydrogens is 291 g/mol. The van der Waals surface area contributed by atoms with Crippen LogP contribution in [0.4, 0.5) is 4.53 Å².